The molecule has 0 spiro atoms. The summed E-state index contributed by atoms with van der Waals surface area (Å²) in [5.74, 6) is 0.0229. The third-order valence-corrected chi connectivity index (χ3v) is 7.57. The highest BCUT2D eigenvalue weighted by atomic mass is 16.7. The van der Waals surface area contributed by atoms with Gasteiger partial charge in [-0.25, -0.2) is 0 Å². The van der Waals surface area contributed by atoms with Crippen LogP contribution in [0.25, 0.3) is 0 Å². The maximum absolute atomic E-state index is 10.8. The first-order valence-electron chi connectivity index (χ1n) is 10.3. The van der Waals surface area contributed by atoms with Gasteiger partial charge in [0.15, 0.2) is 6.29 Å². The predicted octanol–water partition coefficient (Wildman–Crippen LogP) is 0.859. The Labute approximate surface area is 167 Å². The fraction of sp³-hybridized carbons (Fsp3) is 0.905. The second-order valence-corrected chi connectivity index (χ2v) is 9.55. The SMILES string of the molecule is CC(C)=C1CCC2(C)C(O)CCC(C)(OC3OC(CO)C(O)C(O)C3O)C2C1. The Hall–Kier alpha value is -0.540. The van der Waals surface area contributed by atoms with Crippen molar-refractivity contribution in [3.63, 3.8) is 0 Å². The second-order valence-electron chi connectivity index (χ2n) is 9.55. The summed E-state index contributed by atoms with van der Waals surface area (Å²) in [6.45, 7) is 7.82. The van der Waals surface area contributed by atoms with Gasteiger partial charge in [-0.2, -0.15) is 0 Å². The van der Waals surface area contributed by atoms with Gasteiger partial charge >= 0.3 is 0 Å². The van der Waals surface area contributed by atoms with Gasteiger partial charge in [0.1, 0.15) is 24.4 Å². The number of hydrogen-bond donors (Lipinski definition) is 5. The molecule has 0 aromatic heterocycles. The quantitative estimate of drug-likeness (QED) is 0.446. The zero-order chi connectivity index (χ0) is 20.9. The molecule has 0 bridgehead atoms. The monoisotopic (exact) mass is 400 g/mol. The van der Waals surface area contributed by atoms with Crippen LogP contribution in [0.2, 0.25) is 0 Å². The van der Waals surface area contributed by atoms with E-state index in [-0.39, 0.29) is 11.3 Å². The smallest absolute Gasteiger partial charge is 0.187 e. The van der Waals surface area contributed by atoms with Crippen LogP contribution in [0.1, 0.15) is 59.8 Å². The highest BCUT2D eigenvalue weighted by Crippen LogP contribution is 2.57. The van der Waals surface area contributed by atoms with Crippen molar-refractivity contribution in [3.8, 4) is 0 Å². The standard InChI is InChI=1S/C21H36O7/c1-11(2)12-5-7-20(3)14(9-12)21(4,8-6-15(20)23)28-19-18(26)17(25)16(24)13(10-22)27-19/h13-19,22-26H,5-10H2,1-4H3. The van der Waals surface area contributed by atoms with Gasteiger partial charge in [0.05, 0.1) is 18.3 Å². The van der Waals surface area contributed by atoms with Crippen molar-refractivity contribution in [1.29, 1.82) is 0 Å². The summed E-state index contributed by atoms with van der Waals surface area (Å²) >= 11 is 0. The maximum Gasteiger partial charge on any atom is 0.187 e. The Morgan fingerprint density at radius 1 is 1.07 bits per heavy atom. The molecule has 0 aromatic carbocycles. The minimum atomic E-state index is -1.46. The molecule has 2 saturated carbocycles. The van der Waals surface area contributed by atoms with Crippen LogP contribution in [0.4, 0.5) is 0 Å². The van der Waals surface area contributed by atoms with Crippen LogP contribution in [0.3, 0.4) is 0 Å². The lowest BCUT2D eigenvalue weighted by atomic mass is 9.53. The first kappa shape index (κ1) is 22.2. The van der Waals surface area contributed by atoms with E-state index in [1.54, 1.807) is 0 Å². The van der Waals surface area contributed by atoms with Crippen LogP contribution in [-0.4, -0.2) is 74.6 Å². The minimum absolute atomic E-state index is 0.0229. The third kappa shape index (κ3) is 3.67. The summed E-state index contributed by atoms with van der Waals surface area (Å²) in [7, 11) is 0. The predicted molar refractivity (Wildman–Crippen MR) is 102 cm³/mol. The van der Waals surface area contributed by atoms with E-state index in [1.165, 1.54) is 11.1 Å². The van der Waals surface area contributed by atoms with E-state index in [2.05, 4.69) is 20.8 Å². The summed E-state index contributed by atoms with van der Waals surface area (Å²) in [5.41, 5.74) is 1.68. The van der Waals surface area contributed by atoms with Gasteiger partial charge in [-0.15, -0.1) is 0 Å². The highest BCUT2D eigenvalue weighted by Gasteiger charge is 2.57. The van der Waals surface area contributed by atoms with Crippen molar-refractivity contribution in [3.05, 3.63) is 11.1 Å². The van der Waals surface area contributed by atoms with E-state index < -0.39 is 49.0 Å². The van der Waals surface area contributed by atoms with Crippen LogP contribution in [0.15, 0.2) is 11.1 Å². The maximum atomic E-state index is 10.8. The molecule has 7 nitrogen and oxygen atoms in total. The van der Waals surface area contributed by atoms with Gasteiger partial charge in [-0.05, 0) is 64.2 Å². The van der Waals surface area contributed by atoms with E-state index in [4.69, 9.17) is 9.47 Å². The lowest BCUT2D eigenvalue weighted by Crippen LogP contribution is -2.64. The van der Waals surface area contributed by atoms with Gasteiger partial charge in [-0.3, -0.25) is 0 Å². The van der Waals surface area contributed by atoms with E-state index >= 15 is 0 Å². The first-order chi connectivity index (χ1) is 13.0. The molecule has 1 saturated heterocycles. The summed E-state index contributed by atoms with van der Waals surface area (Å²) in [5, 5.41) is 50.8. The van der Waals surface area contributed by atoms with Crippen LogP contribution >= 0.6 is 0 Å². The Morgan fingerprint density at radius 3 is 2.36 bits per heavy atom. The number of ether oxygens (including phenoxy) is 2. The Balaban J connectivity index is 1.87. The molecular formula is C21H36O7. The lowest BCUT2D eigenvalue weighted by Gasteiger charge is -2.58. The molecule has 28 heavy (non-hydrogen) atoms. The third-order valence-electron chi connectivity index (χ3n) is 7.57. The van der Waals surface area contributed by atoms with Gasteiger partial charge < -0.3 is 35.0 Å². The molecule has 0 amide bonds. The zero-order valence-electron chi connectivity index (χ0n) is 17.3. The van der Waals surface area contributed by atoms with Gasteiger partial charge in [0.2, 0.25) is 0 Å². The molecule has 3 rings (SSSR count). The summed E-state index contributed by atoms with van der Waals surface area (Å²) in [6.07, 6.45) is -3.02. The second kappa shape index (κ2) is 7.95. The van der Waals surface area contributed by atoms with E-state index in [0.717, 1.165) is 19.3 Å². The van der Waals surface area contributed by atoms with Crippen LogP contribution in [-0.2, 0) is 9.47 Å². The van der Waals surface area contributed by atoms with Gasteiger partial charge in [-0.1, -0.05) is 18.1 Å². The largest absolute Gasteiger partial charge is 0.394 e. The van der Waals surface area contributed by atoms with Gasteiger partial charge in [0.25, 0.3) is 0 Å². The van der Waals surface area contributed by atoms with Crippen molar-refractivity contribution in [2.24, 2.45) is 11.3 Å². The number of aliphatic hydroxyl groups excluding tert-OH is 5. The normalized spacial score (nSPS) is 49.6. The number of aliphatic hydroxyl groups is 5. The number of allylic oxidation sites excluding steroid dienone is 2. The summed E-state index contributed by atoms with van der Waals surface area (Å²) in [6, 6.07) is 0. The van der Waals surface area contributed by atoms with Crippen LogP contribution < -0.4 is 0 Å². The number of rotatable bonds is 3. The zero-order valence-corrected chi connectivity index (χ0v) is 17.3. The molecule has 3 fully saturated rings. The Morgan fingerprint density at radius 2 is 1.75 bits per heavy atom. The Bertz CT molecular complexity index is 602. The number of fused-ring (bicyclic) bond motifs is 1. The molecule has 1 aliphatic heterocycles. The fourth-order valence-electron chi connectivity index (χ4n) is 5.44. The molecule has 7 heteroatoms. The molecular weight excluding hydrogens is 364 g/mol. The molecule has 3 aliphatic rings. The van der Waals surface area contributed by atoms with E-state index in [0.29, 0.717) is 12.8 Å². The van der Waals surface area contributed by atoms with E-state index in [1.807, 2.05) is 6.92 Å². The van der Waals surface area contributed by atoms with Crippen molar-refractivity contribution < 1.29 is 35.0 Å². The molecule has 0 aromatic rings. The van der Waals surface area contributed by atoms with Crippen LogP contribution in [0.5, 0.6) is 0 Å². The molecule has 5 N–H and O–H groups in total. The first-order valence-corrected chi connectivity index (χ1v) is 10.3. The van der Waals surface area contributed by atoms with Crippen molar-refractivity contribution >= 4 is 0 Å². The van der Waals surface area contributed by atoms with Crippen LogP contribution in [0, 0.1) is 11.3 Å². The topological polar surface area (TPSA) is 120 Å². The molecule has 9 atom stereocenters. The van der Waals surface area contributed by atoms with Crippen molar-refractivity contribution in [1.82, 2.24) is 0 Å². The molecule has 162 valence electrons. The molecule has 1 heterocycles. The summed E-state index contributed by atoms with van der Waals surface area (Å²) in [4.78, 5) is 0. The highest BCUT2D eigenvalue weighted by molar-refractivity contribution is 5.20. The number of hydrogen-bond acceptors (Lipinski definition) is 7. The van der Waals surface area contributed by atoms with E-state index in [9.17, 15) is 25.5 Å². The van der Waals surface area contributed by atoms with Crippen molar-refractivity contribution in [2.75, 3.05) is 6.61 Å². The Kier molecular flexibility index (Phi) is 6.29. The van der Waals surface area contributed by atoms with Crippen molar-refractivity contribution in [2.45, 2.75) is 102 Å². The fourth-order valence-corrected chi connectivity index (χ4v) is 5.44. The lowest BCUT2D eigenvalue weighted by molar-refractivity contribution is -0.342. The van der Waals surface area contributed by atoms with Gasteiger partial charge in [0, 0.05) is 0 Å². The summed E-state index contributed by atoms with van der Waals surface area (Å²) < 4.78 is 11.9. The molecule has 2 aliphatic carbocycles. The average Bonchev–Trinajstić information content (AvgIpc) is 2.65. The molecule has 9 unspecified atom stereocenters. The minimum Gasteiger partial charge on any atom is -0.394 e. The average molecular weight is 401 g/mol. The molecule has 0 radical (unpaired) electrons.